The van der Waals surface area contributed by atoms with Crippen molar-refractivity contribution in [1.29, 1.82) is 0 Å². The molecule has 2 aromatic carbocycles. The molecule has 9 unspecified atom stereocenters. The Morgan fingerprint density at radius 3 is 2.67 bits per heavy atom. The minimum absolute atomic E-state index is 0.197. The van der Waals surface area contributed by atoms with E-state index in [1.54, 1.807) is 0 Å². The maximum atomic E-state index is 12.7. The third kappa shape index (κ3) is 1.71. The Kier molecular flexibility index (Phi) is 2.79. The van der Waals surface area contributed by atoms with Crippen LogP contribution in [0.15, 0.2) is 42.5 Å². The van der Waals surface area contributed by atoms with E-state index in [0.717, 1.165) is 47.6 Å². The van der Waals surface area contributed by atoms with Crippen molar-refractivity contribution in [2.75, 3.05) is 11.9 Å². The van der Waals surface area contributed by atoms with E-state index >= 15 is 0 Å². The first-order valence-electron chi connectivity index (χ1n) is 11.6. The standard InChI is InChI=1S/C26H26N2O2/c29-25(28-14-5-6-16-13(8-14)7-12-3-1-2-4-15(12)16)27-11-26(30)23-18-10-19-21-17(18)9-20(23)22(21)24(19)26/h1-6,8,17-24,30H,7,9-11H2,(H2,27,28,29). The number of amides is 2. The number of fused-ring (bicyclic) bond motifs is 5. The smallest absolute Gasteiger partial charge is 0.319 e. The van der Waals surface area contributed by atoms with Crippen LogP contribution >= 0.6 is 0 Å². The van der Waals surface area contributed by atoms with Crippen molar-refractivity contribution in [2.45, 2.75) is 24.9 Å². The van der Waals surface area contributed by atoms with Crippen LogP contribution in [0.25, 0.3) is 11.1 Å². The lowest BCUT2D eigenvalue weighted by molar-refractivity contribution is -0.126. The zero-order valence-electron chi connectivity index (χ0n) is 16.8. The van der Waals surface area contributed by atoms with Crippen LogP contribution in [-0.2, 0) is 6.42 Å². The summed E-state index contributed by atoms with van der Waals surface area (Å²) >= 11 is 0. The Morgan fingerprint density at radius 1 is 0.933 bits per heavy atom. The third-order valence-corrected chi connectivity index (χ3v) is 10.1. The molecule has 0 spiro atoms. The third-order valence-electron chi connectivity index (χ3n) is 10.1. The summed E-state index contributed by atoms with van der Waals surface area (Å²) in [4.78, 5) is 12.7. The SMILES string of the molecule is O=C(NCC1(O)C2C3CC4C5C3CC2C5C41)Nc1ccc2c(c1)Cc1ccccc1-2. The topological polar surface area (TPSA) is 61.4 Å². The van der Waals surface area contributed by atoms with Gasteiger partial charge < -0.3 is 15.7 Å². The van der Waals surface area contributed by atoms with E-state index in [4.69, 9.17) is 0 Å². The van der Waals surface area contributed by atoms with Crippen molar-refractivity contribution in [3.8, 4) is 11.1 Å². The molecule has 0 radical (unpaired) electrons. The monoisotopic (exact) mass is 398 g/mol. The number of nitrogens with one attached hydrogen (secondary N) is 2. The van der Waals surface area contributed by atoms with Gasteiger partial charge in [-0.1, -0.05) is 30.3 Å². The fourth-order valence-corrected chi connectivity index (χ4v) is 9.58. The molecule has 6 aliphatic rings. The lowest BCUT2D eigenvalue weighted by Crippen LogP contribution is -2.59. The molecule has 2 aromatic rings. The predicted octanol–water partition coefficient (Wildman–Crippen LogP) is 3.89. The van der Waals surface area contributed by atoms with Gasteiger partial charge in [0.05, 0.1) is 5.60 Å². The van der Waals surface area contributed by atoms with Crippen LogP contribution in [0, 0.1) is 47.3 Å². The van der Waals surface area contributed by atoms with Crippen LogP contribution in [0.3, 0.4) is 0 Å². The molecule has 4 nitrogen and oxygen atoms in total. The highest BCUT2D eigenvalue weighted by atomic mass is 16.3. The molecule has 8 rings (SSSR count). The lowest BCUT2D eigenvalue weighted by atomic mass is 9.56. The van der Waals surface area contributed by atoms with Crippen LogP contribution in [0.2, 0.25) is 0 Å². The molecule has 5 saturated carbocycles. The number of rotatable bonds is 3. The van der Waals surface area contributed by atoms with Gasteiger partial charge in [-0.2, -0.15) is 0 Å². The Balaban J connectivity index is 0.985. The van der Waals surface area contributed by atoms with Gasteiger partial charge in [0.25, 0.3) is 0 Å². The van der Waals surface area contributed by atoms with Gasteiger partial charge in [0.2, 0.25) is 0 Å². The number of aliphatic hydroxyl groups is 1. The van der Waals surface area contributed by atoms with Crippen LogP contribution in [0.1, 0.15) is 24.0 Å². The molecule has 0 aliphatic heterocycles. The van der Waals surface area contributed by atoms with Crippen molar-refractivity contribution < 1.29 is 9.90 Å². The summed E-state index contributed by atoms with van der Waals surface area (Å²) in [7, 11) is 0. The number of carbonyl (C=O) groups is 1. The molecule has 5 fully saturated rings. The molecule has 152 valence electrons. The van der Waals surface area contributed by atoms with Crippen molar-refractivity contribution >= 4 is 11.7 Å². The van der Waals surface area contributed by atoms with Crippen LogP contribution < -0.4 is 10.6 Å². The fourth-order valence-electron chi connectivity index (χ4n) is 9.58. The van der Waals surface area contributed by atoms with Crippen molar-refractivity contribution in [3.63, 3.8) is 0 Å². The molecule has 3 N–H and O–H groups in total. The zero-order valence-corrected chi connectivity index (χ0v) is 16.8. The van der Waals surface area contributed by atoms with E-state index in [-0.39, 0.29) is 6.03 Å². The second kappa shape index (κ2) is 5.11. The number of benzene rings is 2. The lowest BCUT2D eigenvalue weighted by Gasteiger charge is -2.51. The second-order valence-corrected chi connectivity index (χ2v) is 10.8. The highest BCUT2D eigenvalue weighted by Crippen LogP contribution is 2.85. The molecule has 0 saturated heterocycles. The number of anilines is 1. The molecular weight excluding hydrogens is 372 g/mol. The molecule has 2 amide bonds. The van der Waals surface area contributed by atoms with Gasteiger partial charge in [-0.25, -0.2) is 4.79 Å². The summed E-state index contributed by atoms with van der Waals surface area (Å²) in [6, 6.07) is 14.5. The van der Waals surface area contributed by atoms with Gasteiger partial charge in [0, 0.05) is 12.2 Å². The van der Waals surface area contributed by atoms with Crippen LogP contribution in [0.4, 0.5) is 10.5 Å². The summed E-state index contributed by atoms with van der Waals surface area (Å²) in [6.07, 6.45) is 3.62. The zero-order chi connectivity index (χ0) is 19.8. The summed E-state index contributed by atoms with van der Waals surface area (Å²) in [5.41, 5.74) is 5.33. The molecule has 6 aliphatic carbocycles. The number of hydrogen-bond acceptors (Lipinski definition) is 2. The molecule has 9 atom stereocenters. The quantitative estimate of drug-likeness (QED) is 0.627. The van der Waals surface area contributed by atoms with Crippen molar-refractivity contribution in [1.82, 2.24) is 5.32 Å². The molecule has 0 heterocycles. The van der Waals surface area contributed by atoms with E-state index in [1.165, 1.54) is 35.1 Å². The van der Waals surface area contributed by atoms with E-state index < -0.39 is 5.60 Å². The summed E-state index contributed by atoms with van der Waals surface area (Å²) < 4.78 is 0. The van der Waals surface area contributed by atoms with Gasteiger partial charge in [0.15, 0.2) is 0 Å². The first kappa shape index (κ1) is 16.4. The molecular formula is C26H26N2O2. The maximum absolute atomic E-state index is 12.7. The highest BCUT2D eigenvalue weighted by Gasteiger charge is 2.84. The van der Waals surface area contributed by atoms with Crippen LogP contribution in [-0.4, -0.2) is 23.3 Å². The van der Waals surface area contributed by atoms with Gasteiger partial charge >= 0.3 is 6.03 Å². The van der Waals surface area contributed by atoms with Gasteiger partial charge in [-0.3, -0.25) is 0 Å². The molecule has 0 aromatic heterocycles. The Morgan fingerprint density at radius 2 is 1.73 bits per heavy atom. The summed E-state index contributed by atoms with van der Waals surface area (Å²) in [6.45, 7) is 0.407. The largest absolute Gasteiger partial charge is 0.387 e. The average molecular weight is 399 g/mol. The average Bonchev–Trinajstić information content (AvgIpc) is 3.38. The normalized spacial score (nSPS) is 44.2. The Hall–Kier alpha value is -2.33. The van der Waals surface area contributed by atoms with Gasteiger partial charge in [0.1, 0.15) is 0 Å². The molecule has 30 heavy (non-hydrogen) atoms. The Labute approximate surface area is 176 Å². The van der Waals surface area contributed by atoms with Crippen LogP contribution in [0.5, 0.6) is 0 Å². The minimum Gasteiger partial charge on any atom is -0.387 e. The van der Waals surface area contributed by atoms with E-state index in [9.17, 15) is 9.90 Å². The first-order valence-corrected chi connectivity index (χ1v) is 11.6. The highest BCUT2D eigenvalue weighted by molar-refractivity contribution is 5.90. The molecule has 2 bridgehead atoms. The van der Waals surface area contributed by atoms with Gasteiger partial charge in [-0.15, -0.1) is 0 Å². The number of urea groups is 1. The minimum atomic E-state index is -0.665. The van der Waals surface area contributed by atoms with E-state index in [2.05, 4.69) is 47.0 Å². The van der Waals surface area contributed by atoms with Crippen molar-refractivity contribution in [2.24, 2.45) is 47.3 Å². The van der Waals surface area contributed by atoms with Crippen molar-refractivity contribution in [3.05, 3.63) is 53.6 Å². The summed E-state index contributed by atoms with van der Waals surface area (Å²) in [5, 5.41) is 17.7. The number of carbonyl (C=O) groups excluding carboxylic acids is 1. The predicted molar refractivity (Wildman–Crippen MR) is 114 cm³/mol. The fraction of sp³-hybridized carbons (Fsp3) is 0.500. The number of hydrogen-bond donors (Lipinski definition) is 3. The summed E-state index contributed by atoms with van der Waals surface area (Å²) in [5.74, 6) is 5.66. The molecule has 4 heteroatoms. The Bertz CT molecular complexity index is 1120. The van der Waals surface area contributed by atoms with E-state index in [1.807, 2.05) is 6.07 Å². The second-order valence-electron chi connectivity index (χ2n) is 10.8. The first-order chi connectivity index (χ1) is 14.6. The van der Waals surface area contributed by atoms with Gasteiger partial charge in [-0.05, 0) is 101 Å². The maximum Gasteiger partial charge on any atom is 0.319 e. The van der Waals surface area contributed by atoms with E-state index in [0.29, 0.717) is 18.4 Å².